The molecule has 2 nitrogen and oxygen atoms in total. The first-order chi connectivity index (χ1) is 5.50. The minimum atomic E-state index is -0.359. The minimum Gasteiger partial charge on any atom is -0.392 e. The molecular weight excluding hydrogens is 174 g/mol. The highest BCUT2D eigenvalue weighted by atomic mass is 35.5. The van der Waals surface area contributed by atoms with Crippen molar-refractivity contribution in [2.24, 2.45) is 0 Å². The molecule has 0 aromatic rings. The second-order valence-corrected chi connectivity index (χ2v) is 3.71. The van der Waals surface area contributed by atoms with Crippen molar-refractivity contribution in [2.45, 2.75) is 32.4 Å². The lowest BCUT2D eigenvalue weighted by molar-refractivity contribution is 0.0994. The van der Waals surface area contributed by atoms with E-state index in [2.05, 4.69) is 5.32 Å². The lowest BCUT2D eigenvalue weighted by atomic mass is 9.99. The maximum absolute atomic E-state index is 9.32. The molecule has 0 aliphatic rings. The van der Waals surface area contributed by atoms with Crippen LogP contribution < -0.4 is 5.32 Å². The third-order valence-corrected chi connectivity index (χ3v) is 2.15. The monoisotopic (exact) mass is 191 g/mol. The van der Waals surface area contributed by atoms with Gasteiger partial charge in [0, 0.05) is 18.0 Å². The second-order valence-electron chi connectivity index (χ2n) is 3.40. The van der Waals surface area contributed by atoms with Gasteiger partial charge in [0.1, 0.15) is 0 Å². The Morgan fingerprint density at radius 2 is 2.08 bits per heavy atom. The lowest BCUT2D eigenvalue weighted by Gasteiger charge is -2.28. The molecule has 0 aromatic heterocycles. The van der Waals surface area contributed by atoms with Gasteiger partial charge in [0.05, 0.1) is 6.10 Å². The summed E-state index contributed by atoms with van der Waals surface area (Å²) in [4.78, 5) is 0. The fourth-order valence-electron chi connectivity index (χ4n) is 0.616. The summed E-state index contributed by atoms with van der Waals surface area (Å²) in [6.07, 6.45) is 3.48. The Labute approximate surface area is 79.6 Å². The predicted molar refractivity (Wildman–Crippen MR) is 53.6 cm³/mol. The summed E-state index contributed by atoms with van der Waals surface area (Å²) in [7, 11) is 0. The average Bonchev–Trinajstić information content (AvgIpc) is 1.98. The third-order valence-electron chi connectivity index (χ3n) is 1.98. The van der Waals surface area contributed by atoms with Gasteiger partial charge < -0.3 is 10.4 Å². The molecule has 0 heterocycles. The molecule has 0 aliphatic carbocycles. The number of rotatable bonds is 5. The molecular formula is C9H18ClNO. The summed E-state index contributed by atoms with van der Waals surface area (Å²) in [5, 5.41) is 12.5. The number of allylic oxidation sites excluding steroid dienone is 1. The van der Waals surface area contributed by atoms with Crippen molar-refractivity contribution in [2.75, 3.05) is 12.4 Å². The first kappa shape index (κ1) is 11.9. The Balaban J connectivity index is 3.68. The van der Waals surface area contributed by atoms with Gasteiger partial charge in [-0.05, 0) is 20.8 Å². The molecule has 2 N–H and O–H groups in total. The van der Waals surface area contributed by atoms with Crippen LogP contribution in [0.5, 0.6) is 0 Å². The van der Waals surface area contributed by atoms with E-state index in [0.717, 1.165) is 6.54 Å². The number of aliphatic hydroxyl groups excluding tert-OH is 1. The standard InChI is InChI=1S/C9H18ClNO/c1-8(12)9(2,3)11-7-5-4-6-10/h4-5,8,11-12H,6-7H2,1-3H3/b5-4+. The van der Waals surface area contributed by atoms with Crippen LogP contribution in [0, 0.1) is 0 Å². The molecule has 1 unspecified atom stereocenters. The molecule has 12 heavy (non-hydrogen) atoms. The largest absolute Gasteiger partial charge is 0.392 e. The minimum absolute atomic E-state index is 0.239. The number of alkyl halides is 1. The Bertz CT molecular complexity index is 143. The number of hydrogen-bond acceptors (Lipinski definition) is 2. The molecule has 0 aromatic carbocycles. The van der Waals surface area contributed by atoms with Crippen LogP contribution in [-0.2, 0) is 0 Å². The first-order valence-corrected chi connectivity index (χ1v) is 4.68. The number of halogens is 1. The Morgan fingerprint density at radius 1 is 1.50 bits per heavy atom. The van der Waals surface area contributed by atoms with Crippen molar-refractivity contribution in [3.63, 3.8) is 0 Å². The Hall–Kier alpha value is -0.0500. The molecule has 3 heteroatoms. The van der Waals surface area contributed by atoms with Crippen LogP contribution in [0.2, 0.25) is 0 Å². The van der Waals surface area contributed by atoms with Gasteiger partial charge in [-0.15, -0.1) is 11.6 Å². The SMILES string of the molecule is CC(O)C(C)(C)NC/C=C/CCl. The van der Waals surface area contributed by atoms with Crippen LogP contribution in [0.15, 0.2) is 12.2 Å². The van der Waals surface area contributed by atoms with Crippen molar-refractivity contribution >= 4 is 11.6 Å². The zero-order valence-corrected chi connectivity index (χ0v) is 8.73. The van der Waals surface area contributed by atoms with Gasteiger partial charge in [-0.25, -0.2) is 0 Å². The van der Waals surface area contributed by atoms with Crippen molar-refractivity contribution in [1.82, 2.24) is 5.32 Å². The average molecular weight is 192 g/mol. The lowest BCUT2D eigenvalue weighted by Crippen LogP contribution is -2.48. The van der Waals surface area contributed by atoms with E-state index in [0.29, 0.717) is 5.88 Å². The molecule has 0 bridgehead atoms. The number of nitrogens with one attached hydrogen (secondary N) is 1. The van der Waals surface area contributed by atoms with Crippen LogP contribution in [0.1, 0.15) is 20.8 Å². The highest BCUT2D eigenvalue weighted by Crippen LogP contribution is 2.07. The van der Waals surface area contributed by atoms with Gasteiger partial charge in [0.25, 0.3) is 0 Å². The van der Waals surface area contributed by atoms with E-state index in [-0.39, 0.29) is 11.6 Å². The van der Waals surface area contributed by atoms with Crippen LogP contribution in [0.25, 0.3) is 0 Å². The molecule has 0 fully saturated rings. The van der Waals surface area contributed by atoms with Gasteiger partial charge in [-0.3, -0.25) is 0 Å². The van der Waals surface area contributed by atoms with Gasteiger partial charge in [0.2, 0.25) is 0 Å². The molecule has 1 atom stereocenters. The smallest absolute Gasteiger partial charge is 0.0688 e. The van der Waals surface area contributed by atoms with E-state index in [1.807, 2.05) is 26.0 Å². The van der Waals surface area contributed by atoms with Crippen molar-refractivity contribution in [1.29, 1.82) is 0 Å². The van der Waals surface area contributed by atoms with E-state index in [4.69, 9.17) is 11.6 Å². The van der Waals surface area contributed by atoms with Crippen molar-refractivity contribution < 1.29 is 5.11 Å². The Kier molecular flexibility index (Phi) is 5.55. The predicted octanol–water partition coefficient (Wildman–Crippen LogP) is 1.53. The van der Waals surface area contributed by atoms with Crippen LogP contribution in [0.4, 0.5) is 0 Å². The molecule has 0 rings (SSSR count). The van der Waals surface area contributed by atoms with Gasteiger partial charge >= 0.3 is 0 Å². The molecule has 0 aliphatic heterocycles. The van der Waals surface area contributed by atoms with E-state index >= 15 is 0 Å². The topological polar surface area (TPSA) is 32.3 Å². The Morgan fingerprint density at radius 3 is 2.50 bits per heavy atom. The zero-order chi connectivity index (χ0) is 9.61. The molecule has 0 spiro atoms. The summed E-state index contributed by atoms with van der Waals surface area (Å²) < 4.78 is 0. The summed E-state index contributed by atoms with van der Waals surface area (Å²) in [5.41, 5.74) is -0.239. The third kappa shape index (κ3) is 4.75. The van der Waals surface area contributed by atoms with E-state index in [1.54, 1.807) is 6.92 Å². The maximum atomic E-state index is 9.32. The van der Waals surface area contributed by atoms with Crippen LogP contribution >= 0.6 is 11.6 Å². The molecule has 0 radical (unpaired) electrons. The summed E-state index contributed by atoms with van der Waals surface area (Å²) >= 11 is 5.45. The van der Waals surface area contributed by atoms with Gasteiger partial charge in [0.15, 0.2) is 0 Å². The van der Waals surface area contributed by atoms with Crippen molar-refractivity contribution in [3.05, 3.63) is 12.2 Å². The summed E-state index contributed by atoms with van der Waals surface area (Å²) in [5.74, 6) is 0.538. The highest BCUT2D eigenvalue weighted by molar-refractivity contribution is 6.18. The van der Waals surface area contributed by atoms with Gasteiger partial charge in [-0.2, -0.15) is 0 Å². The summed E-state index contributed by atoms with van der Waals surface area (Å²) in [6, 6.07) is 0. The van der Waals surface area contributed by atoms with E-state index in [9.17, 15) is 5.11 Å². The van der Waals surface area contributed by atoms with Crippen molar-refractivity contribution in [3.8, 4) is 0 Å². The van der Waals surface area contributed by atoms with Crippen LogP contribution in [-0.4, -0.2) is 29.2 Å². The number of aliphatic hydroxyl groups is 1. The second kappa shape index (κ2) is 5.57. The fourth-order valence-corrected chi connectivity index (χ4v) is 0.742. The summed E-state index contributed by atoms with van der Waals surface area (Å²) in [6.45, 7) is 6.45. The van der Waals surface area contributed by atoms with Crippen LogP contribution in [0.3, 0.4) is 0 Å². The van der Waals surface area contributed by atoms with E-state index in [1.165, 1.54) is 0 Å². The highest BCUT2D eigenvalue weighted by Gasteiger charge is 2.21. The molecule has 0 saturated heterocycles. The molecule has 72 valence electrons. The first-order valence-electron chi connectivity index (χ1n) is 4.14. The molecule has 0 saturated carbocycles. The van der Waals surface area contributed by atoms with E-state index < -0.39 is 0 Å². The number of hydrogen-bond donors (Lipinski definition) is 2. The maximum Gasteiger partial charge on any atom is 0.0688 e. The molecule has 0 amide bonds. The fraction of sp³-hybridized carbons (Fsp3) is 0.778. The normalized spacial score (nSPS) is 15.4. The van der Waals surface area contributed by atoms with Gasteiger partial charge in [-0.1, -0.05) is 12.2 Å². The quantitative estimate of drug-likeness (QED) is 0.511. The zero-order valence-electron chi connectivity index (χ0n) is 7.97.